The number of carbonyl (C=O) groups excluding carboxylic acids is 1. The molecule has 2 aromatic carbocycles. The Morgan fingerprint density at radius 2 is 1.89 bits per heavy atom. The van der Waals surface area contributed by atoms with Gasteiger partial charge in [-0.15, -0.1) is 0 Å². The molecule has 1 amide bonds. The van der Waals surface area contributed by atoms with Gasteiger partial charge in [0, 0.05) is 10.0 Å². The molecule has 2 aromatic rings. The maximum Gasteiger partial charge on any atom is 0.255 e. The summed E-state index contributed by atoms with van der Waals surface area (Å²) in [6.45, 7) is 1.88. The predicted molar refractivity (Wildman–Crippen MR) is 83.3 cm³/mol. The molecule has 0 saturated heterocycles. The number of halogens is 3. The third-order valence-electron chi connectivity index (χ3n) is 2.64. The molecule has 2 rings (SSSR count). The van der Waals surface area contributed by atoms with Crippen LogP contribution >= 0.6 is 39.1 Å². The van der Waals surface area contributed by atoms with E-state index in [1.54, 1.807) is 24.3 Å². The van der Waals surface area contributed by atoms with Crippen LogP contribution in [0.5, 0.6) is 0 Å². The number of para-hydroxylation sites is 1. The second-order valence-corrected chi connectivity index (χ2v) is 5.68. The van der Waals surface area contributed by atoms with Gasteiger partial charge < -0.3 is 5.32 Å². The molecule has 5 heteroatoms. The third-order valence-corrected chi connectivity index (χ3v) is 4.19. The first-order valence-corrected chi connectivity index (χ1v) is 7.05. The fraction of sp³-hybridized carbons (Fsp3) is 0.0714. The van der Waals surface area contributed by atoms with E-state index in [0.717, 1.165) is 10.0 Å². The average molecular weight is 359 g/mol. The van der Waals surface area contributed by atoms with Crippen LogP contribution in [0.3, 0.4) is 0 Å². The Bertz CT molecular complexity index is 623. The van der Waals surface area contributed by atoms with E-state index in [1.807, 2.05) is 19.1 Å². The summed E-state index contributed by atoms with van der Waals surface area (Å²) in [5.74, 6) is -0.245. The molecule has 0 aliphatic heterocycles. The molecule has 0 fully saturated rings. The first kappa shape index (κ1) is 14.4. The van der Waals surface area contributed by atoms with Gasteiger partial charge in [0.15, 0.2) is 0 Å². The lowest BCUT2D eigenvalue weighted by Gasteiger charge is -2.10. The highest BCUT2D eigenvalue weighted by molar-refractivity contribution is 9.10. The van der Waals surface area contributed by atoms with Gasteiger partial charge in [0.1, 0.15) is 0 Å². The van der Waals surface area contributed by atoms with E-state index < -0.39 is 0 Å². The molecule has 0 aliphatic rings. The van der Waals surface area contributed by atoms with Crippen molar-refractivity contribution < 1.29 is 4.79 Å². The summed E-state index contributed by atoms with van der Waals surface area (Å²) in [5.41, 5.74) is 2.00. The summed E-state index contributed by atoms with van der Waals surface area (Å²) < 4.78 is 0.750. The molecule has 2 nitrogen and oxygen atoms in total. The topological polar surface area (TPSA) is 29.1 Å². The molecule has 0 atom stereocenters. The van der Waals surface area contributed by atoms with Crippen molar-refractivity contribution in [3.63, 3.8) is 0 Å². The third kappa shape index (κ3) is 3.30. The SMILES string of the molecule is Cc1cccc(Cl)c1NC(=O)c1ccc(Br)c(Cl)c1. The lowest BCUT2D eigenvalue weighted by atomic mass is 10.1. The van der Waals surface area contributed by atoms with Crippen LogP contribution in [0.4, 0.5) is 5.69 Å². The van der Waals surface area contributed by atoms with Crippen molar-refractivity contribution in [3.05, 3.63) is 62.0 Å². The van der Waals surface area contributed by atoms with Crippen molar-refractivity contribution in [1.29, 1.82) is 0 Å². The van der Waals surface area contributed by atoms with E-state index in [0.29, 0.717) is 21.3 Å². The van der Waals surface area contributed by atoms with Crippen LogP contribution in [-0.2, 0) is 0 Å². The zero-order valence-corrected chi connectivity index (χ0v) is 13.1. The Morgan fingerprint density at radius 1 is 1.16 bits per heavy atom. The van der Waals surface area contributed by atoms with Crippen molar-refractivity contribution in [2.45, 2.75) is 6.92 Å². The van der Waals surface area contributed by atoms with Crippen molar-refractivity contribution in [1.82, 2.24) is 0 Å². The molecule has 0 aliphatic carbocycles. The Hall–Kier alpha value is -1.03. The zero-order chi connectivity index (χ0) is 14.0. The van der Waals surface area contributed by atoms with Crippen molar-refractivity contribution >= 4 is 50.7 Å². The summed E-state index contributed by atoms with van der Waals surface area (Å²) in [4.78, 5) is 12.1. The maximum absolute atomic E-state index is 12.1. The summed E-state index contributed by atoms with van der Waals surface area (Å²) >= 11 is 15.3. The van der Waals surface area contributed by atoms with Gasteiger partial charge in [0.05, 0.1) is 15.7 Å². The van der Waals surface area contributed by atoms with E-state index in [2.05, 4.69) is 21.2 Å². The summed E-state index contributed by atoms with van der Waals surface area (Å²) in [6.07, 6.45) is 0. The second kappa shape index (κ2) is 5.95. The van der Waals surface area contributed by atoms with Crippen LogP contribution in [0.25, 0.3) is 0 Å². The quantitative estimate of drug-likeness (QED) is 0.773. The Balaban J connectivity index is 2.28. The van der Waals surface area contributed by atoms with Gasteiger partial charge in [-0.25, -0.2) is 0 Å². The number of hydrogen-bond donors (Lipinski definition) is 1. The molecule has 0 radical (unpaired) electrons. The smallest absolute Gasteiger partial charge is 0.255 e. The Labute approximate surface area is 129 Å². The monoisotopic (exact) mass is 357 g/mol. The van der Waals surface area contributed by atoms with E-state index in [4.69, 9.17) is 23.2 Å². The number of aryl methyl sites for hydroxylation is 1. The first-order chi connectivity index (χ1) is 8.99. The summed E-state index contributed by atoms with van der Waals surface area (Å²) in [5, 5.41) is 3.80. The van der Waals surface area contributed by atoms with Gasteiger partial charge in [0.2, 0.25) is 0 Å². The standard InChI is InChI=1S/C14H10BrCl2NO/c1-8-3-2-4-11(16)13(8)18-14(19)9-5-6-10(15)12(17)7-9/h2-7H,1H3,(H,18,19). The van der Waals surface area contributed by atoms with Crippen LogP contribution in [0.2, 0.25) is 10.0 Å². The molecule has 0 heterocycles. The molecule has 1 N–H and O–H groups in total. The van der Waals surface area contributed by atoms with Crippen molar-refractivity contribution in [2.24, 2.45) is 0 Å². The van der Waals surface area contributed by atoms with E-state index in [1.165, 1.54) is 0 Å². The average Bonchev–Trinajstić information content (AvgIpc) is 2.37. The number of carbonyl (C=O) groups is 1. The number of benzene rings is 2. The van der Waals surface area contributed by atoms with E-state index in [-0.39, 0.29) is 5.91 Å². The highest BCUT2D eigenvalue weighted by Crippen LogP contribution is 2.27. The van der Waals surface area contributed by atoms with Gasteiger partial charge in [-0.1, -0.05) is 35.3 Å². The molecule has 0 spiro atoms. The minimum atomic E-state index is -0.245. The van der Waals surface area contributed by atoms with Crippen LogP contribution < -0.4 is 5.32 Å². The summed E-state index contributed by atoms with van der Waals surface area (Å²) in [7, 11) is 0. The summed E-state index contributed by atoms with van der Waals surface area (Å²) in [6, 6.07) is 10.5. The normalized spacial score (nSPS) is 10.3. The van der Waals surface area contributed by atoms with Crippen LogP contribution in [0, 0.1) is 6.92 Å². The van der Waals surface area contributed by atoms with Crippen LogP contribution in [0.15, 0.2) is 40.9 Å². The van der Waals surface area contributed by atoms with Crippen molar-refractivity contribution in [2.75, 3.05) is 5.32 Å². The number of rotatable bonds is 2. The molecule has 98 valence electrons. The molecular weight excluding hydrogens is 349 g/mol. The minimum absolute atomic E-state index is 0.245. The molecule has 0 unspecified atom stereocenters. The molecule has 0 saturated carbocycles. The minimum Gasteiger partial charge on any atom is -0.320 e. The fourth-order valence-electron chi connectivity index (χ4n) is 1.61. The second-order valence-electron chi connectivity index (χ2n) is 4.01. The van der Waals surface area contributed by atoms with Gasteiger partial charge >= 0.3 is 0 Å². The number of nitrogens with one attached hydrogen (secondary N) is 1. The zero-order valence-electron chi connectivity index (χ0n) is 10.0. The largest absolute Gasteiger partial charge is 0.320 e. The van der Waals surface area contributed by atoms with E-state index >= 15 is 0 Å². The van der Waals surface area contributed by atoms with Gasteiger partial charge in [-0.2, -0.15) is 0 Å². The number of hydrogen-bond acceptors (Lipinski definition) is 1. The lowest BCUT2D eigenvalue weighted by molar-refractivity contribution is 0.102. The molecule has 19 heavy (non-hydrogen) atoms. The Morgan fingerprint density at radius 3 is 2.53 bits per heavy atom. The van der Waals surface area contributed by atoms with Crippen molar-refractivity contribution in [3.8, 4) is 0 Å². The van der Waals surface area contributed by atoms with Gasteiger partial charge in [-0.3, -0.25) is 4.79 Å². The number of anilines is 1. The van der Waals surface area contributed by atoms with Crippen LogP contribution in [-0.4, -0.2) is 5.91 Å². The van der Waals surface area contributed by atoms with Crippen LogP contribution in [0.1, 0.15) is 15.9 Å². The highest BCUT2D eigenvalue weighted by atomic mass is 79.9. The first-order valence-electron chi connectivity index (χ1n) is 5.50. The molecule has 0 bridgehead atoms. The molecular formula is C14H10BrCl2NO. The highest BCUT2D eigenvalue weighted by Gasteiger charge is 2.11. The molecule has 0 aromatic heterocycles. The van der Waals surface area contributed by atoms with Gasteiger partial charge in [-0.05, 0) is 52.7 Å². The fourth-order valence-corrected chi connectivity index (χ4v) is 2.31. The maximum atomic E-state index is 12.1. The Kier molecular flexibility index (Phi) is 4.50. The number of amides is 1. The van der Waals surface area contributed by atoms with Gasteiger partial charge in [0.25, 0.3) is 5.91 Å². The lowest BCUT2D eigenvalue weighted by Crippen LogP contribution is -2.13. The predicted octanol–water partition coefficient (Wildman–Crippen LogP) is 5.32. The van der Waals surface area contributed by atoms with E-state index in [9.17, 15) is 4.79 Å².